The second-order valence-corrected chi connectivity index (χ2v) is 5.60. The van der Waals surface area contributed by atoms with Crippen molar-refractivity contribution in [1.82, 2.24) is 4.98 Å². The van der Waals surface area contributed by atoms with Crippen molar-refractivity contribution in [3.8, 4) is 5.75 Å². The molecule has 7 heteroatoms. The molecular formula is C12H9BrN2O3S. The van der Waals surface area contributed by atoms with Gasteiger partial charge < -0.3 is 5.11 Å². The minimum Gasteiger partial charge on any atom is -0.508 e. The van der Waals surface area contributed by atoms with Gasteiger partial charge in [0.2, 0.25) is 0 Å². The highest BCUT2D eigenvalue weighted by atomic mass is 79.9. The number of hydrogen-bond donors (Lipinski definition) is 1. The smallest absolute Gasteiger partial charge is 0.291 e. The maximum Gasteiger partial charge on any atom is 0.291 e. The Morgan fingerprint density at radius 2 is 2.21 bits per heavy atom. The van der Waals surface area contributed by atoms with Crippen LogP contribution in [0.1, 0.15) is 5.56 Å². The average molecular weight is 341 g/mol. The third kappa shape index (κ3) is 3.05. The molecule has 0 spiro atoms. The summed E-state index contributed by atoms with van der Waals surface area (Å²) >= 11 is 4.65. The molecule has 1 heterocycles. The van der Waals surface area contributed by atoms with Crippen molar-refractivity contribution in [2.75, 3.05) is 0 Å². The molecule has 0 saturated heterocycles. The van der Waals surface area contributed by atoms with E-state index in [-0.39, 0.29) is 11.4 Å². The second kappa shape index (κ2) is 5.58. The number of phenolic OH excluding ortho intramolecular Hbond substituents is 1. The fourth-order valence-electron chi connectivity index (χ4n) is 1.46. The van der Waals surface area contributed by atoms with Gasteiger partial charge in [-0.1, -0.05) is 17.8 Å². The summed E-state index contributed by atoms with van der Waals surface area (Å²) in [5, 5.41) is 20.8. The molecule has 0 saturated carbocycles. The molecule has 0 aliphatic rings. The molecule has 0 aliphatic carbocycles. The van der Waals surface area contributed by atoms with E-state index in [2.05, 4.69) is 20.9 Å². The molecule has 19 heavy (non-hydrogen) atoms. The van der Waals surface area contributed by atoms with E-state index in [1.54, 1.807) is 25.1 Å². The summed E-state index contributed by atoms with van der Waals surface area (Å²) in [4.78, 5) is 15.2. The summed E-state index contributed by atoms with van der Waals surface area (Å²) in [6, 6.07) is 6.74. The summed E-state index contributed by atoms with van der Waals surface area (Å²) in [5.74, 6) is 0.166. The van der Waals surface area contributed by atoms with E-state index in [4.69, 9.17) is 0 Å². The number of nitrogens with zero attached hydrogens (tertiary/aromatic N) is 2. The number of aromatic nitrogens is 1. The first-order valence-corrected chi connectivity index (χ1v) is 6.86. The minimum absolute atomic E-state index is 0.0212. The second-order valence-electron chi connectivity index (χ2n) is 3.74. The summed E-state index contributed by atoms with van der Waals surface area (Å²) in [7, 11) is 0. The van der Waals surface area contributed by atoms with Crippen LogP contribution in [0.3, 0.4) is 0 Å². The maximum absolute atomic E-state index is 10.8. The lowest BCUT2D eigenvalue weighted by Crippen LogP contribution is -1.95. The van der Waals surface area contributed by atoms with Gasteiger partial charge in [0.05, 0.1) is 9.40 Å². The fourth-order valence-corrected chi connectivity index (χ4v) is 2.91. The van der Waals surface area contributed by atoms with Crippen LogP contribution in [0.15, 0.2) is 44.9 Å². The Balaban J connectivity index is 2.37. The van der Waals surface area contributed by atoms with Crippen LogP contribution in [0.25, 0.3) is 0 Å². The predicted octanol–water partition coefficient (Wildman–Crippen LogP) is 3.92. The lowest BCUT2D eigenvalue weighted by atomic mass is 10.2. The average Bonchev–Trinajstić information content (AvgIpc) is 2.35. The van der Waals surface area contributed by atoms with E-state index in [1.807, 2.05) is 6.07 Å². The lowest BCUT2D eigenvalue weighted by Gasteiger charge is -2.06. The highest BCUT2D eigenvalue weighted by molar-refractivity contribution is 9.10. The molecule has 1 aromatic heterocycles. The third-order valence-corrected chi connectivity index (χ3v) is 4.66. The first-order chi connectivity index (χ1) is 8.99. The SMILES string of the molecule is Cc1c([N+](=O)[O-])cnc(Sc2cccc(O)c2)c1Br. The number of halogens is 1. The predicted molar refractivity (Wildman–Crippen MR) is 75.6 cm³/mol. The molecule has 0 fully saturated rings. The summed E-state index contributed by atoms with van der Waals surface area (Å²) in [6.07, 6.45) is 1.24. The molecule has 1 aromatic carbocycles. The van der Waals surface area contributed by atoms with E-state index in [0.29, 0.717) is 15.1 Å². The van der Waals surface area contributed by atoms with Crippen LogP contribution >= 0.6 is 27.7 Å². The molecule has 0 aliphatic heterocycles. The van der Waals surface area contributed by atoms with Crippen molar-refractivity contribution in [3.05, 3.63) is 50.6 Å². The fraction of sp³-hybridized carbons (Fsp3) is 0.0833. The topological polar surface area (TPSA) is 76.3 Å². The molecule has 0 bridgehead atoms. The first kappa shape index (κ1) is 13.8. The van der Waals surface area contributed by atoms with Gasteiger partial charge in [0.25, 0.3) is 5.69 Å². The molecular weight excluding hydrogens is 332 g/mol. The summed E-state index contributed by atoms with van der Waals surface area (Å²) < 4.78 is 0.593. The Morgan fingerprint density at radius 3 is 2.84 bits per heavy atom. The molecule has 2 aromatic rings. The van der Waals surface area contributed by atoms with Gasteiger partial charge in [-0.05, 0) is 41.1 Å². The van der Waals surface area contributed by atoms with Gasteiger partial charge in [0.1, 0.15) is 17.0 Å². The minimum atomic E-state index is -0.462. The van der Waals surface area contributed by atoms with Gasteiger partial charge in [0, 0.05) is 10.5 Å². The summed E-state index contributed by atoms with van der Waals surface area (Å²) in [5.41, 5.74) is 0.509. The Bertz CT molecular complexity index is 649. The van der Waals surface area contributed by atoms with Crippen LogP contribution in [-0.4, -0.2) is 15.0 Å². The number of pyridine rings is 1. The molecule has 0 unspecified atom stereocenters. The lowest BCUT2D eigenvalue weighted by molar-refractivity contribution is -0.385. The number of rotatable bonds is 3. The molecule has 0 amide bonds. The normalized spacial score (nSPS) is 10.4. The van der Waals surface area contributed by atoms with Gasteiger partial charge in [-0.25, -0.2) is 4.98 Å². The van der Waals surface area contributed by atoms with Crippen LogP contribution in [0.4, 0.5) is 5.69 Å². The van der Waals surface area contributed by atoms with Crippen LogP contribution in [0, 0.1) is 17.0 Å². The number of hydrogen-bond acceptors (Lipinski definition) is 5. The van der Waals surface area contributed by atoms with Crippen LogP contribution < -0.4 is 0 Å². The van der Waals surface area contributed by atoms with E-state index in [9.17, 15) is 15.2 Å². The molecule has 1 N–H and O–H groups in total. The molecule has 0 radical (unpaired) electrons. The zero-order valence-electron chi connectivity index (χ0n) is 9.83. The van der Waals surface area contributed by atoms with Gasteiger partial charge in [0.15, 0.2) is 0 Å². The van der Waals surface area contributed by atoms with Gasteiger partial charge in [-0.2, -0.15) is 0 Å². The van der Waals surface area contributed by atoms with Crippen LogP contribution in [-0.2, 0) is 0 Å². The number of nitro groups is 1. The largest absolute Gasteiger partial charge is 0.508 e. The Kier molecular flexibility index (Phi) is 4.06. The quantitative estimate of drug-likeness (QED) is 0.676. The Labute approximate surface area is 122 Å². The number of phenols is 1. The van der Waals surface area contributed by atoms with Crippen LogP contribution in [0.2, 0.25) is 0 Å². The van der Waals surface area contributed by atoms with E-state index >= 15 is 0 Å². The molecule has 2 rings (SSSR count). The first-order valence-electron chi connectivity index (χ1n) is 5.25. The molecule has 98 valence electrons. The highest BCUT2D eigenvalue weighted by Gasteiger charge is 2.17. The van der Waals surface area contributed by atoms with Gasteiger partial charge in [-0.15, -0.1) is 0 Å². The van der Waals surface area contributed by atoms with E-state index < -0.39 is 4.92 Å². The van der Waals surface area contributed by atoms with Crippen molar-refractivity contribution in [2.24, 2.45) is 0 Å². The number of aromatic hydroxyl groups is 1. The summed E-state index contributed by atoms with van der Waals surface area (Å²) in [6.45, 7) is 1.66. The van der Waals surface area contributed by atoms with Gasteiger partial charge >= 0.3 is 0 Å². The highest BCUT2D eigenvalue weighted by Crippen LogP contribution is 2.37. The zero-order valence-corrected chi connectivity index (χ0v) is 12.2. The molecule has 5 nitrogen and oxygen atoms in total. The van der Waals surface area contributed by atoms with Crippen molar-refractivity contribution < 1.29 is 10.0 Å². The maximum atomic E-state index is 10.8. The van der Waals surface area contributed by atoms with Crippen molar-refractivity contribution in [2.45, 2.75) is 16.8 Å². The third-order valence-electron chi connectivity index (χ3n) is 2.43. The van der Waals surface area contributed by atoms with Crippen molar-refractivity contribution >= 4 is 33.4 Å². The van der Waals surface area contributed by atoms with Crippen LogP contribution in [0.5, 0.6) is 5.75 Å². The van der Waals surface area contributed by atoms with Crippen molar-refractivity contribution in [1.29, 1.82) is 0 Å². The Morgan fingerprint density at radius 1 is 1.47 bits per heavy atom. The van der Waals surface area contributed by atoms with Crippen molar-refractivity contribution in [3.63, 3.8) is 0 Å². The Hall–Kier alpha value is -1.60. The van der Waals surface area contributed by atoms with E-state index in [0.717, 1.165) is 4.90 Å². The molecule has 0 atom stereocenters. The van der Waals surface area contributed by atoms with Gasteiger partial charge in [-0.3, -0.25) is 10.1 Å². The standard InChI is InChI=1S/C12H9BrN2O3S/c1-7-10(15(17)18)6-14-12(11(7)13)19-9-4-2-3-8(16)5-9/h2-6,16H,1H3. The number of benzene rings is 1. The van der Waals surface area contributed by atoms with E-state index in [1.165, 1.54) is 18.0 Å². The monoisotopic (exact) mass is 340 g/mol. The zero-order chi connectivity index (χ0) is 14.0.